The van der Waals surface area contributed by atoms with Crippen LogP contribution in [-0.4, -0.2) is 24.8 Å². The molecule has 0 aliphatic rings. The van der Waals surface area contributed by atoms with Crippen LogP contribution in [0.15, 0.2) is 54.7 Å². The SMILES string of the molecule is CC(C)S(=O)(=O)NC[C@H](C)c1ccc(-n2ccc3cc(N)ccc32)cc1. The largest absolute Gasteiger partial charge is 0.399 e. The summed E-state index contributed by atoms with van der Waals surface area (Å²) in [5.41, 5.74) is 9.86. The summed E-state index contributed by atoms with van der Waals surface area (Å²) in [7, 11) is -3.24. The molecule has 3 N–H and O–H groups in total. The molecule has 0 aliphatic carbocycles. The van der Waals surface area contributed by atoms with E-state index in [4.69, 9.17) is 5.73 Å². The van der Waals surface area contributed by atoms with Crippen molar-refractivity contribution in [2.75, 3.05) is 12.3 Å². The average molecular weight is 372 g/mol. The van der Waals surface area contributed by atoms with Crippen LogP contribution < -0.4 is 10.5 Å². The Balaban J connectivity index is 1.77. The molecule has 3 aromatic rings. The number of hydrogen-bond donors (Lipinski definition) is 2. The molecule has 0 radical (unpaired) electrons. The number of nitrogens with zero attached hydrogens (tertiary/aromatic N) is 1. The van der Waals surface area contributed by atoms with E-state index in [1.807, 2.05) is 49.5 Å². The Morgan fingerprint density at radius 2 is 1.73 bits per heavy atom. The molecule has 138 valence electrons. The van der Waals surface area contributed by atoms with E-state index in [1.54, 1.807) is 13.8 Å². The van der Waals surface area contributed by atoms with Crippen LogP contribution in [0.5, 0.6) is 0 Å². The molecule has 0 fully saturated rings. The van der Waals surface area contributed by atoms with Gasteiger partial charge in [-0.15, -0.1) is 0 Å². The lowest BCUT2D eigenvalue weighted by molar-refractivity contribution is 0.566. The highest BCUT2D eigenvalue weighted by Gasteiger charge is 2.17. The fraction of sp³-hybridized carbons (Fsp3) is 0.300. The first-order valence-corrected chi connectivity index (χ1v) is 10.3. The first kappa shape index (κ1) is 18.5. The van der Waals surface area contributed by atoms with E-state index < -0.39 is 15.3 Å². The van der Waals surface area contributed by atoms with Crippen LogP contribution in [0, 0.1) is 0 Å². The lowest BCUT2D eigenvalue weighted by Crippen LogP contribution is -2.33. The second-order valence-corrected chi connectivity index (χ2v) is 9.26. The van der Waals surface area contributed by atoms with Gasteiger partial charge in [-0.3, -0.25) is 0 Å². The third-order valence-electron chi connectivity index (χ3n) is 4.67. The smallest absolute Gasteiger partial charge is 0.213 e. The van der Waals surface area contributed by atoms with E-state index in [1.165, 1.54) is 0 Å². The predicted molar refractivity (Wildman–Crippen MR) is 108 cm³/mol. The van der Waals surface area contributed by atoms with Crippen molar-refractivity contribution in [3.63, 3.8) is 0 Å². The van der Waals surface area contributed by atoms with Gasteiger partial charge in [0.25, 0.3) is 0 Å². The summed E-state index contributed by atoms with van der Waals surface area (Å²) >= 11 is 0. The zero-order chi connectivity index (χ0) is 18.9. The number of nitrogen functional groups attached to an aromatic ring is 1. The van der Waals surface area contributed by atoms with Crippen molar-refractivity contribution in [1.82, 2.24) is 9.29 Å². The number of nitrogens with two attached hydrogens (primary N) is 1. The molecule has 5 nitrogen and oxygen atoms in total. The number of benzene rings is 2. The lowest BCUT2D eigenvalue weighted by atomic mass is 10.0. The van der Waals surface area contributed by atoms with Gasteiger partial charge >= 0.3 is 0 Å². The predicted octanol–water partition coefficient (Wildman–Crippen LogP) is 3.64. The number of fused-ring (bicyclic) bond motifs is 1. The van der Waals surface area contributed by atoms with Gasteiger partial charge in [-0.05, 0) is 61.7 Å². The van der Waals surface area contributed by atoms with Crippen LogP contribution in [0.4, 0.5) is 5.69 Å². The van der Waals surface area contributed by atoms with Gasteiger partial charge in [0, 0.05) is 29.5 Å². The van der Waals surface area contributed by atoms with Gasteiger partial charge in [0.05, 0.1) is 10.8 Å². The molecule has 1 heterocycles. The molecule has 0 unspecified atom stereocenters. The number of anilines is 1. The van der Waals surface area contributed by atoms with Gasteiger partial charge in [-0.25, -0.2) is 13.1 Å². The molecule has 0 saturated heterocycles. The Hall–Kier alpha value is -2.31. The van der Waals surface area contributed by atoms with Gasteiger partial charge < -0.3 is 10.3 Å². The molecule has 0 saturated carbocycles. The Bertz CT molecular complexity index is 1010. The molecule has 0 bridgehead atoms. The molecule has 1 aromatic heterocycles. The fourth-order valence-electron chi connectivity index (χ4n) is 2.88. The van der Waals surface area contributed by atoms with E-state index in [9.17, 15) is 8.42 Å². The minimum atomic E-state index is -3.24. The van der Waals surface area contributed by atoms with Crippen molar-refractivity contribution in [1.29, 1.82) is 0 Å². The summed E-state index contributed by atoms with van der Waals surface area (Å²) in [4.78, 5) is 0. The second-order valence-electron chi connectivity index (χ2n) is 6.94. The molecule has 2 aromatic carbocycles. The minimum absolute atomic E-state index is 0.0961. The van der Waals surface area contributed by atoms with Gasteiger partial charge in [0.2, 0.25) is 10.0 Å². The normalized spacial score (nSPS) is 13.4. The van der Waals surface area contributed by atoms with Crippen molar-refractivity contribution in [2.24, 2.45) is 0 Å². The summed E-state index contributed by atoms with van der Waals surface area (Å²) in [6.07, 6.45) is 2.03. The standard InChI is InChI=1S/C20H25N3O2S/c1-14(2)26(24,25)22-13-15(3)16-4-7-19(8-5-16)23-11-10-17-12-18(21)6-9-20(17)23/h4-12,14-15,22H,13,21H2,1-3H3/t15-/m0/s1. The van der Waals surface area contributed by atoms with Crippen molar-refractivity contribution >= 4 is 26.6 Å². The van der Waals surface area contributed by atoms with Gasteiger partial charge in [0.1, 0.15) is 0 Å². The van der Waals surface area contributed by atoms with Gasteiger partial charge in [-0.1, -0.05) is 19.1 Å². The Morgan fingerprint density at radius 3 is 2.38 bits per heavy atom. The average Bonchev–Trinajstić information content (AvgIpc) is 3.02. The van der Waals surface area contributed by atoms with E-state index in [0.29, 0.717) is 6.54 Å². The Kier molecular flexibility index (Phi) is 5.07. The number of sulfonamides is 1. The summed E-state index contributed by atoms with van der Waals surface area (Å²) in [6, 6.07) is 16.1. The molecule has 26 heavy (non-hydrogen) atoms. The van der Waals surface area contributed by atoms with Gasteiger partial charge in [-0.2, -0.15) is 0 Å². The van der Waals surface area contributed by atoms with Crippen LogP contribution in [0.3, 0.4) is 0 Å². The Morgan fingerprint density at radius 1 is 1.04 bits per heavy atom. The number of rotatable bonds is 6. The fourth-order valence-corrected chi connectivity index (χ4v) is 3.69. The quantitative estimate of drug-likeness (QED) is 0.649. The first-order valence-electron chi connectivity index (χ1n) is 8.73. The molecule has 6 heteroatoms. The molecule has 0 amide bonds. The molecule has 0 spiro atoms. The highest BCUT2D eigenvalue weighted by Crippen LogP contribution is 2.24. The van der Waals surface area contributed by atoms with Crippen LogP contribution >= 0.6 is 0 Å². The first-order chi connectivity index (χ1) is 12.3. The summed E-state index contributed by atoms with van der Waals surface area (Å²) in [5, 5.41) is 0.679. The van der Waals surface area contributed by atoms with E-state index >= 15 is 0 Å². The van der Waals surface area contributed by atoms with E-state index in [2.05, 4.69) is 21.4 Å². The molecular formula is C20H25N3O2S. The van der Waals surface area contributed by atoms with Crippen molar-refractivity contribution in [3.8, 4) is 5.69 Å². The second kappa shape index (κ2) is 7.13. The zero-order valence-corrected chi connectivity index (χ0v) is 16.1. The van der Waals surface area contributed by atoms with Crippen molar-refractivity contribution < 1.29 is 8.42 Å². The lowest BCUT2D eigenvalue weighted by Gasteiger charge is -2.16. The molecule has 3 rings (SSSR count). The van der Waals surface area contributed by atoms with Crippen LogP contribution in [-0.2, 0) is 10.0 Å². The van der Waals surface area contributed by atoms with E-state index in [0.717, 1.165) is 27.8 Å². The maximum atomic E-state index is 11.9. The maximum absolute atomic E-state index is 11.9. The van der Waals surface area contributed by atoms with Gasteiger partial charge in [0.15, 0.2) is 0 Å². The molecule has 0 aliphatic heterocycles. The highest BCUT2D eigenvalue weighted by molar-refractivity contribution is 7.90. The minimum Gasteiger partial charge on any atom is -0.399 e. The third-order valence-corrected chi connectivity index (χ3v) is 6.48. The summed E-state index contributed by atoms with van der Waals surface area (Å²) in [6.45, 7) is 5.77. The van der Waals surface area contributed by atoms with Crippen molar-refractivity contribution in [2.45, 2.75) is 31.9 Å². The highest BCUT2D eigenvalue weighted by atomic mass is 32.2. The van der Waals surface area contributed by atoms with E-state index in [-0.39, 0.29) is 5.92 Å². The summed E-state index contributed by atoms with van der Waals surface area (Å²) in [5.74, 6) is 0.0961. The molecular weight excluding hydrogens is 346 g/mol. The molecule has 1 atom stereocenters. The number of aromatic nitrogens is 1. The van der Waals surface area contributed by atoms with Crippen LogP contribution in [0.25, 0.3) is 16.6 Å². The summed E-state index contributed by atoms with van der Waals surface area (Å²) < 4.78 is 28.6. The van der Waals surface area contributed by atoms with Crippen LogP contribution in [0.1, 0.15) is 32.3 Å². The topological polar surface area (TPSA) is 77.1 Å². The monoisotopic (exact) mass is 371 g/mol. The third kappa shape index (κ3) is 3.76. The number of nitrogens with one attached hydrogen (secondary N) is 1. The Labute approximate surface area is 154 Å². The van der Waals surface area contributed by atoms with Crippen molar-refractivity contribution in [3.05, 3.63) is 60.3 Å². The zero-order valence-electron chi connectivity index (χ0n) is 15.3. The van der Waals surface area contributed by atoms with Crippen LogP contribution in [0.2, 0.25) is 0 Å². The number of hydrogen-bond acceptors (Lipinski definition) is 3. The maximum Gasteiger partial charge on any atom is 0.213 e.